The molecule has 1 heterocycles. The summed E-state index contributed by atoms with van der Waals surface area (Å²) in [5.41, 5.74) is -3.44. The van der Waals surface area contributed by atoms with Gasteiger partial charge < -0.3 is 35.1 Å². The van der Waals surface area contributed by atoms with Crippen molar-refractivity contribution in [3.05, 3.63) is 52.6 Å². The topological polar surface area (TPSA) is 126 Å². The Bertz CT molecular complexity index is 1640. The molecule has 5 aliphatic rings. The zero-order valence-electron chi connectivity index (χ0n) is 31.4. The molecule has 0 aromatic heterocycles. The Labute approximate surface area is 313 Å². The second-order valence-corrected chi connectivity index (χ2v) is 17.0. The van der Waals surface area contributed by atoms with Crippen LogP contribution in [0.3, 0.4) is 0 Å². The predicted octanol–water partition coefficient (Wildman–Crippen LogP) is 7.18. The molecule has 0 radical (unpaired) electrons. The van der Waals surface area contributed by atoms with Crippen molar-refractivity contribution in [1.29, 1.82) is 0 Å². The Hall–Kier alpha value is -3.07. The maximum absolute atomic E-state index is 15.4. The Morgan fingerprint density at radius 1 is 0.981 bits per heavy atom. The molecule has 0 unspecified atom stereocenters. The van der Waals surface area contributed by atoms with Gasteiger partial charge in [-0.1, -0.05) is 62.8 Å². The highest BCUT2D eigenvalue weighted by Crippen LogP contribution is 2.71. The summed E-state index contributed by atoms with van der Waals surface area (Å²) in [5, 5.41) is 29.2. The summed E-state index contributed by atoms with van der Waals surface area (Å²) >= 11 is 0. The molecular formula is C40H53F5N2O7. The molecule has 6 atom stereocenters. The first-order valence-electron chi connectivity index (χ1n) is 19.0. The van der Waals surface area contributed by atoms with Crippen LogP contribution in [-0.4, -0.2) is 84.2 Å². The van der Waals surface area contributed by atoms with Crippen LogP contribution in [0.1, 0.15) is 103 Å². The summed E-state index contributed by atoms with van der Waals surface area (Å²) in [5.74, 6) is -8.38. The molecule has 1 aromatic carbocycles. The SMILES string of the molecule is CCOC(=O)CCNC(=O)NC/C=C/c1ccc([C@H]2C[C@@]3(C)[C@@H](CC[C@@]3(O)C(F)(F)C(F)(F)F)[C@@H]3CC[C@@]4(O)CC5(CCC4=C32)OCC(C)(C)CO5)cc1. The zero-order valence-corrected chi connectivity index (χ0v) is 31.4. The number of fused-ring (bicyclic) bond motifs is 4. The van der Waals surface area contributed by atoms with E-state index in [1.54, 1.807) is 31.2 Å². The molecule has 1 spiro atoms. The summed E-state index contributed by atoms with van der Waals surface area (Å²) < 4.78 is 90.3. The van der Waals surface area contributed by atoms with Crippen LogP contribution in [0.25, 0.3) is 6.08 Å². The lowest BCUT2D eigenvalue weighted by molar-refractivity contribution is -0.362. The third kappa shape index (κ3) is 7.20. The second-order valence-electron chi connectivity index (χ2n) is 17.0. The highest BCUT2D eigenvalue weighted by Gasteiger charge is 2.79. The monoisotopic (exact) mass is 768 g/mol. The van der Waals surface area contributed by atoms with Crippen LogP contribution in [-0.2, 0) is 19.0 Å². The van der Waals surface area contributed by atoms with Gasteiger partial charge in [-0.3, -0.25) is 4.79 Å². The van der Waals surface area contributed by atoms with Crippen LogP contribution in [0, 0.1) is 22.7 Å². The average Bonchev–Trinajstić information content (AvgIpc) is 3.38. The van der Waals surface area contributed by atoms with Gasteiger partial charge in [-0.25, -0.2) is 4.79 Å². The van der Waals surface area contributed by atoms with E-state index >= 15 is 8.78 Å². The van der Waals surface area contributed by atoms with Crippen molar-refractivity contribution in [3.63, 3.8) is 0 Å². The second kappa shape index (κ2) is 14.5. The number of nitrogens with one attached hydrogen (secondary N) is 2. The van der Waals surface area contributed by atoms with Gasteiger partial charge in [-0.05, 0) is 74.0 Å². The fourth-order valence-electron chi connectivity index (χ4n) is 10.1. The van der Waals surface area contributed by atoms with Crippen molar-refractivity contribution in [3.8, 4) is 0 Å². The number of ether oxygens (including phenoxy) is 3. The van der Waals surface area contributed by atoms with Crippen molar-refractivity contribution < 1.29 is 56.0 Å². The lowest BCUT2D eigenvalue weighted by Gasteiger charge is -2.59. The average molecular weight is 769 g/mol. The minimum Gasteiger partial charge on any atom is -0.466 e. The first-order chi connectivity index (χ1) is 25.2. The number of alkyl halides is 5. The minimum atomic E-state index is -5.93. The van der Waals surface area contributed by atoms with Gasteiger partial charge in [-0.15, -0.1) is 0 Å². The number of amides is 2. The van der Waals surface area contributed by atoms with Crippen molar-refractivity contribution in [2.75, 3.05) is 32.9 Å². The number of hydrogen-bond donors (Lipinski definition) is 4. The van der Waals surface area contributed by atoms with Crippen molar-refractivity contribution in [2.45, 2.75) is 120 Å². The van der Waals surface area contributed by atoms with E-state index in [-0.39, 0.29) is 57.2 Å². The third-order valence-electron chi connectivity index (χ3n) is 12.8. The van der Waals surface area contributed by atoms with Gasteiger partial charge >= 0.3 is 24.1 Å². The van der Waals surface area contributed by atoms with Crippen molar-refractivity contribution >= 4 is 18.1 Å². The van der Waals surface area contributed by atoms with Crippen molar-refractivity contribution in [2.24, 2.45) is 22.7 Å². The molecule has 9 nitrogen and oxygen atoms in total. The smallest absolute Gasteiger partial charge is 0.456 e. The molecule has 1 saturated heterocycles. The molecule has 4 fully saturated rings. The van der Waals surface area contributed by atoms with Crippen LogP contribution in [0.15, 0.2) is 41.5 Å². The molecule has 1 aliphatic heterocycles. The zero-order chi connectivity index (χ0) is 39.4. The van der Waals surface area contributed by atoms with Gasteiger partial charge in [0.25, 0.3) is 0 Å². The minimum absolute atomic E-state index is 0.0116. The van der Waals surface area contributed by atoms with Gasteiger partial charge in [0.1, 0.15) is 5.60 Å². The standard InChI is InChI=1S/C40H53F5N2O7/c1-5-52-31(48)15-20-47-33(49)46-19-6-7-25-8-10-26(11-9-25)28-21-35(4)29(14-18-38(35,51)39(41,42)40(43,44)45)27-12-16-36(50)22-37(17-13-30(36)32(27)28)53-23-34(2,3)24-54-37/h6-11,27-29,50-51H,5,12-24H2,1-4H3,(H2,46,47,49)/b7-6+/t27-,28+,29-,35-,36+,38-/m0/s1. The maximum atomic E-state index is 15.4. The number of esters is 1. The first kappa shape index (κ1) is 40.6. The molecule has 1 aromatic rings. The molecule has 0 bridgehead atoms. The quantitative estimate of drug-likeness (QED) is 0.119. The van der Waals surface area contributed by atoms with Gasteiger partial charge in [0.15, 0.2) is 5.79 Å². The number of urea groups is 1. The van der Waals surface area contributed by atoms with E-state index in [0.29, 0.717) is 38.0 Å². The molecule has 4 N–H and O–H groups in total. The van der Waals surface area contributed by atoms with Crippen LogP contribution in [0.5, 0.6) is 0 Å². The molecule has 6 rings (SSSR count). The molecule has 3 saturated carbocycles. The number of halogens is 5. The highest BCUT2D eigenvalue weighted by atomic mass is 19.4. The Morgan fingerprint density at radius 3 is 2.31 bits per heavy atom. The lowest BCUT2D eigenvalue weighted by Crippen LogP contribution is -2.65. The Kier molecular flexibility index (Phi) is 10.9. The third-order valence-corrected chi connectivity index (χ3v) is 12.8. The molecule has 2 amide bonds. The largest absolute Gasteiger partial charge is 0.466 e. The number of carbonyl (C=O) groups excluding carboxylic acids is 2. The number of aliphatic hydroxyl groups is 2. The normalized spacial score (nSPS) is 33.2. The molecule has 4 aliphatic carbocycles. The maximum Gasteiger partial charge on any atom is 0.456 e. The van der Waals surface area contributed by atoms with Gasteiger partial charge in [-0.2, -0.15) is 22.0 Å². The van der Waals surface area contributed by atoms with Gasteiger partial charge in [0, 0.05) is 42.7 Å². The predicted molar refractivity (Wildman–Crippen MR) is 189 cm³/mol. The van der Waals surface area contributed by atoms with E-state index in [4.69, 9.17) is 14.2 Å². The Morgan fingerprint density at radius 2 is 1.67 bits per heavy atom. The molecule has 54 heavy (non-hydrogen) atoms. The number of hydrogen-bond acceptors (Lipinski definition) is 7. The van der Waals surface area contributed by atoms with E-state index in [1.165, 1.54) is 6.92 Å². The summed E-state index contributed by atoms with van der Waals surface area (Å²) in [6.07, 6.45) is -1.45. The number of carbonyl (C=O) groups is 2. The van der Waals surface area contributed by atoms with Crippen LogP contribution < -0.4 is 10.6 Å². The van der Waals surface area contributed by atoms with E-state index in [9.17, 15) is 33.0 Å². The summed E-state index contributed by atoms with van der Waals surface area (Å²) in [6.45, 7) is 8.68. The first-order valence-corrected chi connectivity index (χ1v) is 19.0. The number of benzene rings is 1. The number of rotatable bonds is 9. The van der Waals surface area contributed by atoms with E-state index < -0.39 is 70.7 Å². The van der Waals surface area contributed by atoms with Crippen LogP contribution in [0.4, 0.5) is 26.7 Å². The fraction of sp³-hybridized carbons (Fsp3) is 0.700. The summed E-state index contributed by atoms with van der Waals surface area (Å²) in [4.78, 5) is 23.5. The lowest BCUT2D eigenvalue weighted by atomic mass is 9.49. The van der Waals surface area contributed by atoms with Crippen LogP contribution in [0.2, 0.25) is 0 Å². The fourth-order valence-corrected chi connectivity index (χ4v) is 10.1. The van der Waals surface area contributed by atoms with Gasteiger partial charge in [0.05, 0.1) is 31.8 Å². The van der Waals surface area contributed by atoms with E-state index in [1.807, 2.05) is 26.0 Å². The molecule has 14 heteroatoms. The summed E-state index contributed by atoms with van der Waals surface area (Å²) in [7, 11) is 0. The molecular weight excluding hydrogens is 715 g/mol. The molecule has 300 valence electrons. The van der Waals surface area contributed by atoms with Gasteiger partial charge in [0.2, 0.25) is 0 Å². The van der Waals surface area contributed by atoms with Crippen molar-refractivity contribution in [1.82, 2.24) is 10.6 Å². The van der Waals surface area contributed by atoms with E-state index in [0.717, 1.165) is 16.7 Å². The summed E-state index contributed by atoms with van der Waals surface area (Å²) in [6, 6.07) is 6.79. The van der Waals surface area contributed by atoms with Crippen LogP contribution >= 0.6 is 0 Å². The number of allylic oxidation sites excluding steroid dienone is 1. The van der Waals surface area contributed by atoms with E-state index in [2.05, 4.69) is 10.6 Å². The highest BCUT2D eigenvalue weighted by molar-refractivity contribution is 5.75. The Balaban J connectivity index is 1.27.